The van der Waals surface area contributed by atoms with E-state index in [1.165, 1.54) is 0 Å². The molecule has 0 aliphatic carbocycles. The molecule has 0 bridgehead atoms. The molecule has 0 amide bonds. The lowest BCUT2D eigenvalue weighted by molar-refractivity contribution is 0.464. The van der Waals surface area contributed by atoms with Crippen molar-refractivity contribution < 1.29 is 5.11 Å². The predicted molar refractivity (Wildman–Crippen MR) is 48.2 cm³/mol. The average molecular weight is 167 g/mol. The molecule has 0 saturated heterocycles. The maximum Gasteiger partial charge on any atom is 0.127 e. The third-order valence-corrected chi connectivity index (χ3v) is 1.98. The fourth-order valence-electron chi connectivity index (χ4n) is 1.01. The maximum atomic E-state index is 9.32. The molecule has 1 nitrogen and oxygen atoms in total. The topological polar surface area (TPSA) is 20.2 Å². The van der Waals surface area contributed by atoms with Crippen LogP contribution in [0.1, 0.15) is 18.9 Å². The van der Waals surface area contributed by atoms with Crippen LogP contribution in [0.5, 0.6) is 5.75 Å². The lowest BCUT2D eigenvalue weighted by Gasteiger charge is -2.04. The van der Waals surface area contributed by atoms with Crippen LogP contribution in [0.25, 0.3) is 0 Å². The Bertz CT molecular complexity index is 225. The summed E-state index contributed by atoms with van der Waals surface area (Å²) in [7, 11) is 0. The molecule has 0 aliphatic heterocycles. The van der Waals surface area contributed by atoms with Gasteiger partial charge in [-0.25, -0.2) is 0 Å². The van der Waals surface area contributed by atoms with Crippen molar-refractivity contribution in [1.29, 1.82) is 0 Å². The summed E-state index contributed by atoms with van der Waals surface area (Å²) in [4.78, 5) is 0.850. The van der Waals surface area contributed by atoms with Crippen molar-refractivity contribution in [3.63, 3.8) is 0 Å². The molecule has 1 N–H and O–H groups in total. The molecule has 1 radical (unpaired) electrons. The Hall–Kier alpha value is -0.630. The molecule has 0 spiro atoms. The minimum Gasteiger partial charge on any atom is -0.507 e. The lowest BCUT2D eigenvalue weighted by atomic mass is 10.1. The predicted octanol–water partition coefficient (Wildman–Crippen LogP) is 2.43. The molecule has 1 aromatic rings. The second-order valence-corrected chi connectivity index (χ2v) is 2.92. The first-order chi connectivity index (χ1) is 5.25. The highest BCUT2D eigenvalue weighted by Gasteiger charge is 2.02. The van der Waals surface area contributed by atoms with Gasteiger partial charge < -0.3 is 5.11 Å². The smallest absolute Gasteiger partial charge is 0.127 e. The molecule has 11 heavy (non-hydrogen) atoms. The van der Waals surface area contributed by atoms with Gasteiger partial charge in [0.1, 0.15) is 5.75 Å². The Morgan fingerprint density at radius 3 is 2.91 bits per heavy atom. The molecule has 2 heteroatoms. The van der Waals surface area contributed by atoms with Gasteiger partial charge in [0.05, 0.1) is 0 Å². The molecule has 1 aromatic carbocycles. The van der Waals surface area contributed by atoms with Gasteiger partial charge in [0.2, 0.25) is 0 Å². The minimum atomic E-state index is 0.236. The van der Waals surface area contributed by atoms with E-state index in [9.17, 15) is 5.11 Å². The molecule has 1 rings (SSSR count). The monoisotopic (exact) mass is 167 g/mol. The van der Waals surface area contributed by atoms with Gasteiger partial charge in [-0.1, -0.05) is 13.3 Å². The minimum absolute atomic E-state index is 0.236. The highest BCUT2D eigenvalue weighted by Crippen LogP contribution is 2.24. The zero-order valence-corrected chi connectivity index (χ0v) is 7.36. The Kier molecular flexibility index (Phi) is 2.83. The second-order valence-electron chi connectivity index (χ2n) is 2.44. The number of aromatic hydroxyl groups is 1. The van der Waals surface area contributed by atoms with Gasteiger partial charge in [0, 0.05) is 16.5 Å². The Morgan fingerprint density at radius 1 is 1.64 bits per heavy atom. The highest BCUT2D eigenvalue weighted by atomic mass is 32.1. The van der Waals surface area contributed by atoms with Crippen molar-refractivity contribution in [3.05, 3.63) is 23.8 Å². The first kappa shape index (κ1) is 8.47. The molecule has 0 atom stereocenters. The molecule has 0 saturated carbocycles. The van der Waals surface area contributed by atoms with E-state index in [1.807, 2.05) is 6.07 Å². The molecule has 59 valence electrons. The van der Waals surface area contributed by atoms with Crippen LogP contribution in [0.15, 0.2) is 17.0 Å². The number of benzene rings is 1. The normalized spacial score (nSPS) is 10.0. The quantitative estimate of drug-likeness (QED) is 0.648. The molecular formula is C9H11OS. The number of hydrogen-bond acceptors (Lipinski definition) is 2. The van der Waals surface area contributed by atoms with Crippen LogP contribution in [-0.4, -0.2) is 5.11 Å². The summed E-state index contributed by atoms with van der Waals surface area (Å²) in [6.07, 6.45) is 1.88. The molecular weight excluding hydrogens is 156 g/mol. The van der Waals surface area contributed by atoms with Gasteiger partial charge in [0.15, 0.2) is 0 Å². The van der Waals surface area contributed by atoms with Crippen molar-refractivity contribution >= 4 is 12.6 Å². The van der Waals surface area contributed by atoms with Crippen LogP contribution >= 0.6 is 12.6 Å². The SMILES string of the molecule is CCCc1c(O)[c]ccc1S. The number of phenols is 1. The van der Waals surface area contributed by atoms with Gasteiger partial charge in [-0.2, -0.15) is 0 Å². The first-order valence-corrected chi connectivity index (χ1v) is 4.12. The second kappa shape index (κ2) is 3.67. The van der Waals surface area contributed by atoms with Crippen LogP contribution in [-0.2, 0) is 6.42 Å². The van der Waals surface area contributed by atoms with Crippen LogP contribution in [0.4, 0.5) is 0 Å². The Balaban J connectivity index is 3.00. The van der Waals surface area contributed by atoms with Gasteiger partial charge in [0.25, 0.3) is 0 Å². The Morgan fingerprint density at radius 2 is 2.36 bits per heavy atom. The van der Waals surface area contributed by atoms with Gasteiger partial charge >= 0.3 is 0 Å². The highest BCUT2D eigenvalue weighted by molar-refractivity contribution is 7.80. The van der Waals surface area contributed by atoms with Crippen LogP contribution in [0.3, 0.4) is 0 Å². The van der Waals surface area contributed by atoms with E-state index in [1.54, 1.807) is 6.07 Å². The van der Waals surface area contributed by atoms with Crippen molar-refractivity contribution in [2.45, 2.75) is 24.7 Å². The zero-order chi connectivity index (χ0) is 8.27. The molecule has 0 heterocycles. The van der Waals surface area contributed by atoms with E-state index in [2.05, 4.69) is 25.6 Å². The summed E-state index contributed by atoms with van der Waals surface area (Å²) in [5.74, 6) is 0.236. The Labute approximate surface area is 72.5 Å². The van der Waals surface area contributed by atoms with E-state index < -0.39 is 0 Å². The zero-order valence-electron chi connectivity index (χ0n) is 6.46. The van der Waals surface area contributed by atoms with Crippen LogP contribution in [0.2, 0.25) is 0 Å². The van der Waals surface area contributed by atoms with E-state index in [0.29, 0.717) is 0 Å². The summed E-state index contributed by atoms with van der Waals surface area (Å²) >= 11 is 4.22. The standard InChI is InChI=1S/C9H11OS/c1-2-4-7-8(10)5-3-6-9(7)11/h3,6,10-11H,2,4H2,1H3. The van der Waals surface area contributed by atoms with E-state index in [-0.39, 0.29) is 5.75 Å². The van der Waals surface area contributed by atoms with Gasteiger partial charge in [-0.15, -0.1) is 12.6 Å². The van der Waals surface area contributed by atoms with Gasteiger partial charge in [-0.3, -0.25) is 0 Å². The number of hydrogen-bond donors (Lipinski definition) is 2. The van der Waals surface area contributed by atoms with Crippen LogP contribution in [0, 0.1) is 6.07 Å². The van der Waals surface area contributed by atoms with Crippen molar-refractivity contribution in [1.82, 2.24) is 0 Å². The molecule has 0 aromatic heterocycles. The molecule has 0 fully saturated rings. The van der Waals surface area contributed by atoms with Crippen molar-refractivity contribution in [2.24, 2.45) is 0 Å². The summed E-state index contributed by atoms with van der Waals surface area (Å²) in [5, 5.41) is 9.32. The lowest BCUT2D eigenvalue weighted by Crippen LogP contribution is -1.86. The summed E-state index contributed by atoms with van der Waals surface area (Å²) in [6.45, 7) is 2.07. The van der Waals surface area contributed by atoms with Gasteiger partial charge in [-0.05, 0) is 18.6 Å². The van der Waals surface area contributed by atoms with Crippen molar-refractivity contribution in [2.75, 3.05) is 0 Å². The fourth-order valence-corrected chi connectivity index (χ4v) is 1.30. The largest absolute Gasteiger partial charge is 0.507 e. The maximum absolute atomic E-state index is 9.32. The number of phenolic OH excluding ortho intramolecular Hbond substituents is 1. The van der Waals surface area contributed by atoms with Crippen LogP contribution < -0.4 is 0 Å². The third kappa shape index (κ3) is 1.90. The molecule has 0 unspecified atom stereocenters. The summed E-state index contributed by atoms with van der Waals surface area (Å²) < 4.78 is 0. The summed E-state index contributed by atoms with van der Waals surface area (Å²) in [5.41, 5.74) is 0.901. The summed E-state index contributed by atoms with van der Waals surface area (Å²) in [6, 6.07) is 6.25. The number of rotatable bonds is 2. The first-order valence-electron chi connectivity index (χ1n) is 3.67. The van der Waals surface area contributed by atoms with Crippen molar-refractivity contribution in [3.8, 4) is 5.75 Å². The average Bonchev–Trinajstić information content (AvgIpc) is 1.97. The molecule has 0 aliphatic rings. The van der Waals surface area contributed by atoms with E-state index in [4.69, 9.17) is 0 Å². The fraction of sp³-hybridized carbons (Fsp3) is 0.333. The number of thiol groups is 1. The van der Waals surface area contributed by atoms with E-state index >= 15 is 0 Å². The van der Waals surface area contributed by atoms with E-state index in [0.717, 1.165) is 23.3 Å². The third-order valence-electron chi connectivity index (χ3n) is 1.56.